The summed E-state index contributed by atoms with van der Waals surface area (Å²) in [5.41, 5.74) is 4.22. The SMILES string of the molecule is CCc1ccc(-c2nc(COC(=O)CCn3c(=O)oc4ccccc43)cs2)cc1. The Hall–Kier alpha value is -3.19. The molecular formula is C22H20N2O4S. The minimum Gasteiger partial charge on any atom is -0.459 e. The summed E-state index contributed by atoms with van der Waals surface area (Å²) in [4.78, 5) is 28.6. The van der Waals surface area contributed by atoms with E-state index in [1.54, 1.807) is 18.2 Å². The molecule has 0 N–H and O–H groups in total. The number of rotatable bonds is 7. The average molecular weight is 408 g/mol. The molecule has 4 aromatic rings. The number of hydrogen-bond acceptors (Lipinski definition) is 6. The zero-order valence-electron chi connectivity index (χ0n) is 16.0. The van der Waals surface area contributed by atoms with E-state index in [4.69, 9.17) is 9.15 Å². The summed E-state index contributed by atoms with van der Waals surface area (Å²) in [5, 5.41) is 2.79. The third-order valence-corrected chi connectivity index (χ3v) is 5.60. The molecule has 4 rings (SSSR count). The predicted octanol–water partition coefficient (Wildman–Crippen LogP) is 4.41. The Bertz CT molecular complexity index is 1190. The van der Waals surface area contributed by atoms with Crippen LogP contribution in [0.2, 0.25) is 0 Å². The van der Waals surface area contributed by atoms with Gasteiger partial charge in [0.25, 0.3) is 0 Å². The molecule has 2 heterocycles. The van der Waals surface area contributed by atoms with Gasteiger partial charge in [-0.25, -0.2) is 9.78 Å². The van der Waals surface area contributed by atoms with Crippen molar-refractivity contribution in [1.29, 1.82) is 0 Å². The van der Waals surface area contributed by atoms with Crippen molar-refractivity contribution < 1.29 is 13.9 Å². The Balaban J connectivity index is 1.33. The standard InChI is InChI=1S/C22H20N2O4S/c1-2-15-7-9-16(10-8-15)21-23-17(14-29-21)13-27-20(25)11-12-24-18-5-3-4-6-19(18)28-22(24)26/h3-10,14H,2,11-13H2,1H3. The Morgan fingerprint density at radius 2 is 1.97 bits per heavy atom. The second-order valence-corrected chi connectivity index (χ2v) is 7.45. The number of carbonyl (C=O) groups excluding carboxylic acids is 1. The lowest BCUT2D eigenvalue weighted by atomic mass is 10.1. The lowest BCUT2D eigenvalue weighted by Crippen LogP contribution is -2.17. The molecule has 0 saturated carbocycles. The molecule has 0 fully saturated rings. The van der Waals surface area contributed by atoms with E-state index in [1.807, 2.05) is 11.4 Å². The third-order valence-electron chi connectivity index (χ3n) is 4.66. The minimum atomic E-state index is -0.475. The van der Waals surface area contributed by atoms with Gasteiger partial charge in [-0.15, -0.1) is 11.3 Å². The highest BCUT2D eigenvalue weighted by Gasteiger charge is 2.12. The fraction of sp³-hybridized carbons (Fsp3) is 0.227. The van der Waals surface area contributed by atoms with Gasteiger partial charge in [0.15, 0.2) is 5.58 Å². The lowest BCUT2D eigenvalue weighted by Gasteiger charge is -2.04. The van der Waals surface area contributed by atoms with E-state index < -0.39 is 5.76 Å². The van der Waals surface area contributed by atoms with Crippen LogP contribution in [-0.2, 0) is 29.1 Å². The van der Waals surface area contributed by atoms with Crippen LogP contribution in [0.4, 0.5) is 0 Å². The Kier molecular flexibility index (Phi) is 5.57. The molecule has 0 aliphatic carbocycles. The average Bonchev–Trinajstić information content (AvgIpc) is 3.34. The van der Waals surface area contributed by atoms with Crippen LogP contribution in [0.15, 0.2) is 63.1 Å². The number of esters is 1. The molecule has 2 aromatic carbocycles. The van der Waals surface area contributed by atoms with E-state index in [9.17, 15) is 9.59 Å². The van der Waals surface area contributed by atoms with Crippen molar-refractivity contribution in [3.63, 3.8) is 0 Å². The first-order chi connectivity index (χ1) is 14.1. The summed E-state index contributed by atoms with van der Waals surface area (Å²) in [6.07, 6.45) is 1.08. The molecule has 0 aliphatic rings. The minimum absolute atomic E-state index is 0.0823. The third kappa shape index (κ3) is 4.30. The van der Waals surface area contributed by atoms with Gasteiger partial charge in [-0.2, -0.15) is 0 Å². The lowest BCUT2D eigenvalue weighted by molar-refractivity contribution is -0.145. The van der Waals surface area contributed by atoms with E-state index >= 15 is 0 Å². The molecule has 0 aliphatic heterocycles. The Morgan fingerprint density at radius 3 is 2.76 bits per heavy atom. The summed E-state index contributed by atoms with van der Waals surface area (Å²) in [6, 6.07) is 15.4. The van der Waals surface area contributed by atoms with Crippen molar-refractivity contribution in [1.82, 2.24) is 9.55 Å². The van der Waals surface area contributed by atoms with E-state index in [0.29, 0.717) is 16.8 Å². The molecule has 6 nitrogen and oxygen atoms in total. The molecule has 7 heteroatoms. The number of oxazole rings is 1. The number of para-hydroxylation sites is 2. The van der Waals surface area contributed by atoms with Crippen molar-refractivity contribution in [3.05, 3.63) is 75.7 Å². The number of aryl methyl sites for hydroxylation is 2. The summed E-state index contributed by atoms with van der Waals surface area (Å²) in [6.45, 7) is 2.44. The molecule has 0 spiro atoms. The maximum atomic E-state index is 12.1. The van der Waals surface area contributed by atoms with Crippen molar-refractivity contribution in [2.24, 2.45) is 0 Å². The molecule has 0 saturated heterocycles. The van der Waals surface area contributed by atoms with E-state index in [1.165, 1.54) is 21.5 Å². The van der Waals surface area contributed by atoms with Gasteiger partial charge in [-0.1, -0.05) is 43.3 Å². The van der Waals surface area contributed by atoms with Crippen LogP contribution in [0.5, 0.6) is 0 Å². The number of ether oxygens (including phenoxy) is 1. The summed E-state index contributed by atoms with van der Waals surface area (Å²) in [7, 11) is 0. The highest BCUT2D eigenvalue weighted by atomic mass is 32.1. The van der Waals surface area contributed by atoms with Gasteiger partial charge in [0.1, 0.15) is 11.6 Å². The van der Waals surface area contributed by atoms with Crippen LogP contribution < -0.4 is 5.76 Å². The Labute approximate surface area is 171 Å². The number of fused-ring (bicyclic) bond motifs is 1. The van der Waals surface area contributed by atoms with Gasteiger partial charge in [-0.3, -0.25) is 9.36 Å². The van der Waals surface area contributed by atoms with Crippen LogP contribution in [-0.4, -0.2) is 15.5 Å². The van der Waals surface area contributed by atoms with Crippen LogP contribution >= 0.6 is 11.3 Å². The molecule has 0 bridgehead atoms. The van der Waals surface area contributed by atoms with Gasteiger partial charge in [-0.05, 0) is 24.1 Å². The van der Waals surface area contributed by atoms with E-state index in [-0.39, 0.29) is 25.5 Å². The molecule has 148 valence electrons. The maximum absolute atomic E-state index is 12.1. The van der Waals surface area contributed by atoms with Gasteiger partial charge in [0.05, 0.1) is 17.6 Å². The summed E-state index contributed by atoms with van der Waals surface area (Å²) in [5.74, 6) is -0.860. The fourth-order valence-electron chi connectivity index (χ4n) is 3.04. The van der Waals surface area contributed by atoms with Gasteiger partial charge < -0.3 is 9.15 Å². The number of hydrogen-bond donors (Lipinski definition) is 0. The first-order valence-corrected chi connectivity index (χ1v) is 10.3. The first-order valence-electron chi connectivity index (χ1n) is 9.41. The second kappa shape index (κ2) is 8.45. The van der Waals surface area contributed by atoms with Crippen LogP contribution in [0.1, 0.15) is 24.6 Å². The van der Waals surface area contributed by atoms with Crippen molar-refractivity contribution in [3.8, 4) is 10.6 Å². The quantitative estimate of drug-likeness (QED) is 0.423. The number of aromatic nitrogens is 2. The molecule has 0 atom stereocenters. The number of nitrogens with zero attached hydrogens (tertiary/aromatic N) is 2. The molecule has 2 aromatic heterocycles. The number of carbonyl (C=O) groups is 1. The largest absolute Gasteiger partial charge is 0.459 e. The summed E-state index contributed by atoms with van der Waals surface area (Å²) < 4.78 is 11.9. The van der Waals surface area contributed by atoms with Crippen molar-refractivity contribution in [2.45, 2.75) is 32.9 Å². The van der Waals surface area contributed by atoms with E-state index in [2.05, 4.69) is 36.2 Å². The second-order valence-electron chi connectivity index (χ2n) is 6.59. The highest BCUT2D eigenvalue weighted by Crippen LogP contribution is 2.24. The van der Waals surface area contributed by atoms with Gasteiger partial charge in [0, 0.05) is 17.5 Å². The number of benzene rings is 2. The van der Waals surface area contributed by atoms with Crippen molar-refractivity contribution >= 4 is 28.4 Å². The van der Waals surface area contributed by atoms with Crippen LogP contribution in [0, 0.1) is 0 Å². The van der Waals surface area contributed by atoms with Crippen LogP contribution in [0.25, 0.3) is 21.7 Å². The molecule has 0 radical (unpaired) electrons. The van der Waals surface area contributed by atoms with Gasteiger partial charge >= 0.3 is 11.7 Å². The monoisotopic (exact) mass is 408 g/mol. The normalized spacial score (nSPS) is 11.1. The molecule has 0 amide bonds. The molecular weight excluding hydrogens is 388 g/mol. The maximum Gasteiger partial charge on any atom is 0.419 e. The first kappa shape index (κ1) is 19.1. The van der Waals surface area contributed by atoms with Gasteiger partial charge in [0.2, 0.25) is 0 Å². The summed E-state index contributed by atoms with van der Waals surface area (Å²) >= 11 is 1.52. The zero-order valence-corrected chi connectivity index (χ0v) is 16.8. The topological polar surface area (TPSA) is 74.3 Å². The highest BCUT2D eigenvalue weighted by molar-refractivity contribution is 7.13. The molecule has 0 unspecified atom stereocenters. The molecule has 29 heavy (non-hydrogen) atoms. The zero-order chi connectivity index (χ0) is 20.2. The van der Waals surface area contributed by atoms with E-state index in [0.717, 1.165) is 17.0 Å². The smallest absolute Gasteiger partial charge is 0.419 e. The fourth-order valence-corrected chi connectivity index (χ4v) is 3.85. The van der Waals surface area contributed by atoms with Crippen molar-refractivity contribution in [2.75, 3.05) is 0 Å². The Morgan fingerprint density at radius 1 is 1.17 bits per heavy atom. The van der Waals surface area contributed by atoms with Crippen LogP contribution in [0.3, 0.4) is 0 Å². The predicted molar refractivity (Wildman–Crippen MR) is 112 cm³/mol. The number of thiazole rings is 1.